The quantitative estimate of drug-likeness (QED) is 0.637. The first-order valence-electron chi connectivity index (χ1n) is 5.46. The number of aromatic amines is 1. The number of nitro groups is 1. The fraction of sp³-hybridized carbons (Fsp3) is 0.273. The molecule has 18 heavy (non-hydrogen) atoms. The van der Waals surface area contributed by atoms with Crippen molar-refractivity contribution in [1.29, 1.82) is 0 Å². The third-order valence-electron chi connectivity index (χ3n) is 2.61. The highest BCUT2D eigenvalue weighted by Gasteiger charge is 2.13. The fourth-order valence-corrected chi connectivity index (χ4v) is 1.63. The molecule has 0 fully saturated rings. The highest BCUT2D eigenvalue weighted by atomic mass is 16.6. The van der Waals surface area contributed by atoms with Crippen LogP contribution in [-0.2, 0) is 0 Å². The Labute approximate surface area is 103 Å². The Hall–Kier alpha value is -2.44. The molecule has 0 saturated heterocycles. The van der Waals surface area contributed by atoms with Gasteiger partial charge in [0.05, 0.1) is 16.7 Å². The van der Waals surface area contributed by atoms with Gasteiger partial charge in [0.2, 0.25) is 0 Å². The summed E-state index contributed by atoms with van der Waals surface area (Å²) in [6, 6.07) is 4.90. The van der Waals surface area contributed by atoms with Crippen LogP contribution in [0.5, 0.6) is 0 Å². The van der Waals surface area contributed by atoms with Crippen LogP contribution in [0.3, 0.4) is 0 Å². The molecule has 0 saturated carbocycles. The van der Waals surface area contributed by atoms with Crippen LogP contribution in [0, 0.1) is 17.0 Å². The van der Waals surface area contributed by atoms with E-state index in [4.69, 9.17) is 0 Å². The van der Waals surface area contributed by atoms with Crippen molar-refractivity contribution in [2.75, 3.05) is 5.32 Å². The third-order valence-corrected chi connectivity index (χ3v) is 2.61. The summed E-state index contributed by atoms with van der Waals surface area (Å²) < 4.78 is 0. The molecule has 2 aromatic heterocycles. The zero-order valence-electron chi connectivity index (χ0n) is 10.0. The summed E-state index contributed by atoms with van der Waals surface area (Å²) in [6.07, 6.45) is 1.67. The molecule has 2 rings (SSSR count). The van der Waals surface area contributed by atoms with E-state index in [2.05, 4.69) is 20.5 Å². The average molecular weight is 247 g/mol. The largest absolute Gasteiger partial charge is 0.362 e. The van der Waals surface area contributed by atoms with Gasteiger partial charge in [0.25, 0.3) is 5.69 Å². The van der Waals surface area contributed by atoms with Crippen LogP contribution < -0.4 is 5.32 Å². The lowest BCUT2D eigenvalue weighted by Gasteiger charge is -2.12. The van der Waals surface area contributed by atoms with Crippen LogP contribution in [0.25, 0.3) is 0 Å². The molecule has 7 heteroatoms. The van der Waals surface area contributed by atoms with Gasteiger partial charge >= 0.3 is 0 Å². The van der Waals surface area contributed by atoms with Gasteiger partial charge in [0.1, 0.15) is 11.5 Å². The molecule has 0 unspecified atom stereocenters. The molecular weight excluding hydrogens is 234 g/mol. The number of H-pyrrole nitrogens is 1. The number of anilines is 1. The Morgan fingerprint density at radius 1 is 1.44 bits per heavy atom. The Morgan fingerprint density at radius 2 is 2.22 bits per heavy atom. The Bertz CT molecular complexity index is 553. The van der Waals surface area contributed by atoms with Crippen molar-refractivity contribution in [3.05, 3.63) is 45.9 Å². The number of rotatable bonds is 4. The number of nitrogens with one attached hydrogen (secondary N) is 2. The third kappa shape index (κ3) is 2.45. The monoisotopic (exact) mass is 247 g/mol. The second-order valence-electron chi connectivity index (χ2n) is 3.94. The number of aryl methyl sites for hydroxylation is 1. The molecule has 2 aromatic rings. The van der Waals surface area contributed by atoms with Crippen molar-refractivity contribution in [2.24, 2.45) is 0 Å². The predicted molar refractivity (Wildman–Crippen MR) is 66.3 cm³/mol. The molecule has 94 valence electrons. The number of hydrogen-bond donors (Lipinski definition) is 2. The standard InChI is InChI=1S/C11H13N5O2/c1-7(9-5-6-12-15-9)13-11-4-3-10(16(17)18)8(2)14-11/h3-7H,1-2H3,(H,12,15)(H,13,14)/t7-/m1/s1. The minimum absolute atomic E-state index is 0.000793. The summed E-state index contributed by atoms with van der Waals surface area (Å²) in [5, 5.41) is 20.5. The molecule has 0 aliphatic heterocycles. The van der Waals surface area contributed by atoms with Crippen LogP contribution in [0.4, 0.5) is 11.5 Å². The molecule has 7 nitrogen and oxygen atoms in total. The molecule has 0 aliphatic carbocycles. The maximum atomic E-state index is 10.7. The molecule has 0 amide bonds. The van der Waals surface area contributed by atoms with Crippen molar-refractivity contribution in [1.82, 2.24) is 15.2 Å². The number of pyridine rings is 1. The van der Waals surface area contributed by atoms with Crippen LogP contribution >= 0.6 is 0 Å². The van der Waals surface area contributed by atoms with Gasteiger partial charge in [-0.15, -0.1) is 0 Å². The van der Waals surface area contributed by atoms with Gasteiger partial charge in [-0.3, -0.25) is 15.2 Å². The maximum absolute atomic E-state index is 10.7. The second-order valence-corrected chi connectivity index (χ2v) is 3.94. The van der Waals surface area contributed by atoms with Gasteiger partial charge in [0.15, 0.2) is 0 Å². The molecule has 0 spiro atoms. The minimum Gasteiger partial charge on any atom is -0.362 e. The van der Waals surface area contributed by atoms with E-state index in [0.29, 0.717) is 11.5 Å². The summed E-state index contributed by atoms with van der Waals surface area (Å²) >= 11 is 0. The summed E-state index contributed by atoms with van der Waals surface area (Å²) in [5.74, 6) is 0.597. The second kappa shape index (κ2) is 4.82. The molecule has 1 atom stereocenters. The van der Waals surface area contributed by atoms with E-state index >= 15 is 0 Å². The van der Waals surface area contributed by atoms with Crippen LogP contribution in [0.15, 0.2) is 24.4 Å². The van der Waals surface area contributed by atoms with Crippen molar-refractivity contribution >= 4 is 11.5 Å². The normalized spacial score (nSPS) is 12.1. The molecule has 2 N–H and O–H groups in total. The van der Waals surface area contributed by atoms with Crippen molar-refractivity contribution in [3.63, 3.8) is 0 Å². The van der Waals surface area contributed by atoms with E-state index in [-0.39, 0.29) is 11.7 Å². The zero-order chi connectivity index (χ0) is 13.1. The SMILES string of the molecule is Cc1nc(N[C@H](C)c2ccn[nH]2)ccc1[N+](=O)[O-]. The van der Waals surface area contributed by atoms with E-state index < -0.39 is 4.92 Å². The van der Waals surface area contributed by atoms with E-state index in [1.807, 2.05) is 13.0 Å². The maximum Gasteiger partial charge on any atom is 0.290 e. The molecular formula is C11H13N5O2. The van der Waals surface area contributed by atoms with E-state index in [9.17, 15) is 10.1 Å². The van der Waals surface area contributed by atoms with E-state index in [1.54, 1.807) is 19.2 Å². The average Bonchev–Trinajstić information content (AvgIpc) is 2.81. The van der Waals surface area contributed by atoms with E-state index in [0.717, 1.165) is 5.69 Å². The van der Waals surface area contributed by atoms with Gasteiger partial charge in [-0.1, -0.05) is 0 Å². The zero-order valence-corrected chi connectivity index (χ0v) is 10.0. The topological polar surface area (TPSA) is 96.7 Å². The molecule has 0 radical (unpaired) electrons. The van der Waals surface area contributed by atoms with Crippen molar-refractivity contribution < 1.29 is 4.92 Å². The molecule has 0 aliphatic rings. The lowest BCUT2D eigenvalue weighted by Crippen LogP contribution is -2.09. The highest BCUT2D eigenvalue weighted by Crippen LogP contribution is 2.20. The lowest BCUT2D eigenvalue weighted by molar-refractivity contribution is -0.385. The van der Waals surface area contributed by atoms with E-state index in [1.165, 1.54) is 6.07 Å². The van der Waals surface area contributed by atoms with Crippen molar-refractivity contribution in [3.8, 4) is 0 Å². The predicted octanol–water partition coefficient (Wildman–Crippen LogP) is 2.19. The number of aromatic nitrogens is 3. The minimum atomic E-state index is -0.440. The summed E-state index contributed by atoms with van der Waals surface area (Å²) in [7, 11) is 0. The highest BCUT2D eigenvalue weighted by molar-refractivity contribution is 5.45. The molecule has 0 aromatic carbocycles. The smallest absolute Gasteiger partial charge is 0.290 e. The summed E-state index contributed by atoms with van der Waals surface area (Å²) in [5.41, 5.74) is 1.34. The van der Waals surface area contributed by atoms with Crippen LogP contribution in [-0.4, -0.2) is 20.1 Å². The Kier molecular flexibility index (Phi) is 3.22. The first kappa shape index (κ1) is 12.0. The van der Waals surface area contributed by atoms with Gasteiger partial charge in [-0.05, 0) is 26.0 Å². The van der Waals surface area contributed by atoms with Crippen LogP contribution in [0.2, 0.25) is 0 Å². The van der Waals surface area contributed by atoms with Crippen LogP contribution in [0.1, 0.15) is 24.4 Å². The number of nitrogens with zero attached hydrogens (tertiary/aromatic N) is 3. The first-order chi connectivity index (χ1) is 8.58. The fourth-order valence-electron chi connectivity index (χ4n) is 1.63. The molecule has 2 heterocycles. The van der Waals surface area contributed by atoms with Gasteiger partial charge in [0, 0.05) is 12.3 Å². The van der Waals surface area contributed by atoms with Gasteiger partial charge in [-0.2, -0.15) is 5.10 Å². The van der Waals surface area contributed by atoms with Crippen molar-refractivity contribution in [2.45, 2.75) is 19.9 Å². The summed E-state index contributed by atoms with van der Waals surface area (Å²) in [4.78, 5) is 14.4. The summed E-state index contributed by atoms with van der Waals surface area (Å²) in [6.45, 7) is 3.57. The molecule has 0 bridgehead atoms. The first-order valence-corrected chi connectivity index (χ1v) is 5.46. The van der Waals surface area contributed by atoms with Gasteiger partial charge in [-0.25, -0.2) is 4.98 Å². The lowest BCUT2D eigenvalue weighted by atomic mass is 10.2. The Balaban J connectivity index is 2.15. The Morgan fingerprint density at radius 3 is 2.78 bits per heavy atom. The van der Waals surface area contributed by atoms with Gasteiger partial charge < -0.3 is 5.32 Å². The number of hydrogen-bond acceptors (Lipinski definition) is 5.